The number of rotatable bonds is 6. The van der Waals surface area contributed by atoms with E-state index in [1.165, 1.54) is 16.8 Å². The standard InChI is InChI=1S/C30H24ClN5O2S/c1-18-8-7-9-20(16-18)38-15-14-35-19(2)23(21-10-4-6-13-26(21)35)17-24-27(32)36-30(33-28(24)37)39-29(34-36)22-11-3-5-12-25(22)31/h3-13,16-17,32H,14-15H2,1-2H3. The highest BCUT2D eigenvalue weighted by Crippen LogP contribution is 2.34. The number of fused-ring (bicyclic) bond motifs is 2. The number of nitrogens with zero attached hydrogens (tertiary/aromatic N) is 4. The van der Waals surface area contributed by atoms with E-state index < -0.39 is 5.91 Å². The molecule has 0 saturated heterocycles. The number of nitrogens with one attached hydrogen (secondary N) is 1. The van der Waals surface area contributed by atoms with E-state index in [2.05, 4.69) is 20.7 Å². The van der Waals surface area contributed by atoms with Gasteiger partial charge in [0.2, 0.25) is 5.17 Å². The molecule has 194 valence electrons. The number of thioether (sulfide) groups is 1. The maximum absolute atomic E-state index is 13.1. The minimum atomic E-state index is -0.464. The highest BCUT2D eigenvalue weighted by Gasteiger charge is 2.36. The number of hydrazone groups is 1. The van der Waals surface area contributed by atoms with Crippen LogP contribution in [0.4, 0.5) is 0 Å². The van der Waals surface area contributed by atoms with Crippen molar-refractivity contribution in [2.24, 2.45) is 10.1 Å². The second-order valence-electron chi connectivity index (χ2n) is 9.24. The second-order valence-corrected chi connectivity index (χ2v) is 10.6. The zero-order valence-corrected chi connectivity index (χ0v) is 22.9. The van der Waals surface area contributed by atoms with Crippen molar-refractivity contribution in [1.82, 2.24) is 9.58 Å². The van der Waals surface area contributed by atoms with Crippen molar-refractivity contribution in [1.29, 1.82) is 5.41 Å². The predicted octanol–water partition coefficient (Wildman–Crippen LogP) is 6.66. The summed E-state index contributed by atoms with van der Waals surface area (Å²) in [6, 6.07) is 23.4. The van der Waals surface area contributed by atoms with Gasteiger partial charge in [-0.05, 0) is 61.5 Å². The van der Waals surface area contributed by atoms with Crippen LogP contribution in [-0.2, 0) is 11.3 Å². The highest BCUT2D eigenvalue weighted by molar-refractivity contribution is 8.27. The lowest BCUT2D eigenvalue weighted by Crippen LogP contribution is -2.35. The van der Waals surface area contributed by atoms with E-state index in [0.717, 1.165) is 39.0 Å². The number of ether oxygens (including phenoxy) is 1. The molecule has 3 aromatic carbocycles. The summed E-state index contributed by atoms with van der Waals surface area (Å²) in [4.78, 5) is 17.4. The molecule has 1 aromatic heterocycles. The first-order valence-corrected chi connectivity index (χ1v) is 13.6. The summed E-state index contributed by atoms with van der Waals surface area (Å²) in [5.74, 6) is 0.355. The van der Waals surface area contributed by atoms with Crippen LogP contribution in [0, 0.1) is 19.3 Å². The zero-order chi connectivity index (χ0) is 27.1. The maximum Gasteiger partial charge on any atom is 0.283 e. The van der Waals surface area contributed by atoms with E-state index in [4.69, 9.17) is 21.7 Å². The Kier molecular flexibility index (Phi) is 6.58. The Balaban J connectivity index is 1.32. The van der Waals surface area contributed by atoms with Crippen molar-refractivity contribution in [2.45, 2.75) is 20.4 Å². The van der Waals surface area contributed by atoms with Crippen LogP contribution in [0.3, 0.4) is 0 Å². The SMILES string of the molecule is Cc1cccc(OCCn2c(C)c(C=C3C(=N)N4N=C(c5ccccc5Cl)SC4=NC3=O)c3ccccc32)c1. The summed E-state index contributed by atoms with van der Waals surface area (Å²) < 4.78 is 8.20. The summed E-state index contributed by atoms with van der Waals surface area (Å²) >= 11 is 7.59. The number of amidine groups is 2. The summed E-state index contributed by atoms with van der Waals surface area (Å²) in [7, 11) is 0. The molecule has 0 aliphatic carbocycles. The molecule has 0 atom stereocenters. The number of aromatic nitrogens is 1. The van der Waals surface area contributed by atoms with Gasteiger partial charge in [-0.15, -0.1) is 0 Å². The summed E-state index contributed by atoms with van der Waals surface area (Å²) in [6.07, 6.45) is 1.76. The van der Waals surface area contributed by atoms with Crippen LogP contribution in [0.25, 0.3) is 17.0 Å². The first kappa shape index (κ1) is 25.2. The van der Waals surface area contributed by atoms with Gasteiger partial charge in [-0.1, -0.05) is 60.1 Å². The van der Waals surface area contributed by atoms with Gasteiger partial charge < -0.3 is 9.30 Å². The number of halogens is 1. The average molecular weight is 554 g/mol. The normalized spacial score (nSPS) is 16.1. The highest BCUT2D eigenvalue weighted by atomic mass is 35.5. The summed E-state index contributed by atoms with van der Waals surface area (Å²) in [5.41, 5.74) is 4.95. The Bertz CT molecular complexity index is 1750. The Labute approximate surface area is 235 Å². The van der Waals surface area contributed by atoms with E-state index in [1.54, 1.807) is 12.1 Å². The molecule has 6 rings (SSSR count). The van der Waals surface area contributed by atoms with Crippen molar-refractivity contribution in [3.05, 3.63) is 106 Å². The third-order valence-corrected chi connectivity index (χ3v) is 7.97. The lowest BCUT2D eigenvalue weighted by atomic mass is 10.1. The molecular weight excluding hydrogens is 530 g/mol. The molecule has 0 saturated carbocycles. The van der Waals surface area contributed by atoms with Crippen LogP contribution in [0.2, 0.25) is 5.02 Å². The number of hydrogen-bond acceptors (Lipinski definition) is 5. The third-order valence-electron chi connectivity index (χ3n) is 6.70. The van der Waals surface area contributed by atoms with Gasteiger partial charge in [-0.2, -0.15) is 15.1 Å². The fraction of sp³-hybridized carbons (Fsp3) is 0.133. The molecule has 2 aliphatic heterocycles. The molecule has 0 unspecified atom stereocenters. The minimum absolute atomic E-state index is 0.0152. The largest absolute Gasteiger partial charge is 0.492 e. The fourth-order valence-corrected chi connectivity index (χ4v) is 5.98. The Morgan fingerprint density at radius 2 is 1.85 bits per heavy atom. The molecule has 3 heterocycles. The monoisotopic (exact) mass is 553 g/mol. The van der Waals surface area contributed by atoms with Gasteiger partial charge in [0.25, 0.3) is 5.91 Å². The molecule has 0 spiro atoms. The molecular formula is C30H24ClN5O2S. The molecule has 0 bridgehead atoms. The number of para-hydroxylation sites is 1. The van der Waals surface area contributed by atoms with Crippen LogP contribution >= 0.6 is 23.4 Å². The number of aliphatic imine (C=N–C) groups is 1. The maximum atomic E-state index is 13.1. The van der Waals surface area contributed by atoms with Gasteiger partial charge in [0, 0.05) is 27.7 Å². The lowest BCUT2D eigenvalue weighted by molar-refractivity contribution is -0.114. The molecule has 0 radical (unpaired) electrons. The van der Waals surface area contributed by atoms with Crippen LogP contribution in [-0.4, -0.2) is 38.1 Å². The third kappa shape index (κ3) is 4.66. The van der Waals surface area contributed by atoms with E-state index in [9.17, 15) is 4.79 Å². The second kappa shape index (κ2) is 10.2. The van der Waals surface area contributed by atoms with Crippen LogP contribution in [0.15, 0.2) is 88.5 Å². The quantitative estimate of drug-likeness (QED) is 0.271. The van der Waals surface area contributed by atoms with E-state index in [0.29, 0.717) is 28.4 Å². The van der Waals surface area contributed by atoms with E-state index >= 15 is 0 Å². The number of amides is 1. The number of benzene rings is 3. The van der Waals surface area contributed by atoms with Crippen molar-refractivity contribution in [3.63, 3.8) is 0 Å². The van der Waals surface area contributed by atoms with Gasteiger partial charge in [-0.3, -0.25) is 10.2 Å². The number of carbonyl (C=O) groups is 1. The number of carbonyl (C=O) groups excluding carboxylic acids is 1. The van der Waals surface area contributed by atoms with Crippen LogP contribution < -0.4 is 4.74 Å². The molecule has 9 heteroatoms. The number of aryl methyl sites for hydroxylation is 1. The van der Waals surface area contributed by atoms with Crippen molar-refractivity contribution >= 4 is 62.3 Å². The van der Waals surface area contributed by atoms with Crippen LogP contribution in [0.1, 0.15) is 22.4 Å². The molecule has 0 fully saturated rings. The van der Waals surface area contributed by atoms with Crippen molar-refractivity contribution in [3.8, 4) is 5.75 Å². The first-order chi connectivity index (χ1) is 18.9. The van der Waals surface area contributed by atoms with E-state index in [1.807, 2.05) is 74.5 Å². The minimum Gasteiger partial charge on any atom is -0.492 e. The van der Waals surface area contributed by atoms with Gasteiger partial charge in [0.05, 0.1) is 17.1 Å². The Morgan fingerprint density at radius 3 is 2.67 bits per heavy atom. The lowest BCUT2D eigenvalue weighted by Gasteiger charge is -2.20. The Hall–Kier alpha value is -4.14. The molecule has 2 aliphatic rings. The molecule has 7 nitrogen and oxygen atoms in total. The molecule has 1 amide bonds. The summed E-state index contributed by atoms with van der Waals surface area (Å²) in [5, 5.41) is 17.3. The topological polar surface area (TPSA) is 83.0 Å². The molecule has 4 aromatic rings. The van der Waals surface area contributed by atoms with Crippen molar-refractivity contribution < 1.29 is 9.53 Å². The van der Waals surface area contributed by atoms with Gasteiger partial charge in [0.15, 0.2) is 5.84 Å². The Morgan fingerprint density at radius 1 is 1.05 bits per heavy atom. The smallest absolute Gasteiger partial charge is 0.283 e. The van der Waals surface area contributed by atoms with Gasteiger partial charge >= 0.3 is 0 Å². The van der Waals surface area contributed by atoms with Gasteiger partial charge in [-0.25, -0.2) is 0 Å². The van der Waals surface area contributed by atoms with Gasteiger partial charge in [0.1, 0.15) is 17.4 Å². The summed E-state index contributed by atoms with van der Waals surface area (Å²) in [6.45, 7) is 5.18. The van der Waals surface area contributed by atoms with E-state index in [-0.39, 0.29) is 11.4 Å². The zero-order valence-electron chi connectivity index (χ0n) is 21.3. The fourth-order valence-electron chi connectivity index (χ4n) is 4.77. The predicted molar refractivity (Wildman–Crippen MR) is 159 cm³/mol. The number of hydrogen-bond donors (Lipinski definition) is 1. The molecule has 1 N–H and O–H groups in total. The van der Waals surface area contributed by atoms with Crippen LogP contribution in [0.5, 0.6) is 5.75 Å². The average Bonchev–Trinajstić information content (AvgIpc) is 3.46. The van der Waals surface area contributed by atoms with Crippen molar-refractivity contribution in [2.75, 3.05) is 6.61 Å². The first-order valence-electron chi connectivity index (χ1n) is 12.4. The molecule has 39 heavy (non-hydrogen) atoms.